The molecule has 0 fully saturated rings. The molecule has 0 saturated carbocycles. The maximum Gasteiger partial charge on any atom is 0.162 e. The number of imidazole rings is 1. The summed E-state index contributed by atoms with van der Waals surface area (Å²) in [7, 11) is 2.00. The van der Waals surface area contributed by atoms with Crippen LogP contribution in [-0.2, 0) is 7.05 Å². The topological polar surface area (TPSA) is 43.6 Å². The summed E-state index contributed by atoms with van der Waals surface area (Å²) in [6.45, 7) is 2.07. The number of nitrogens with zero attached hydrogens (tertiary/aromatic N) is 4. The third kappa shape index (κ3) is 1.32. The SMILES string of the molecule is Cc1ccc2c(c1)nc(-c1csnn1)n2C. The number of hydrogen-bond donors (Lipinski definition) is 0. The minimum Gasteiger partial charge on any atom is -0.326 e. The van der Waals surface area contributed by atoms with Crippen molar-refractivity contribution in [2.24, 2.45) is 7.05 Å². The zero-order chi connectivity index (χ0) is 11.1. The molecule has 80 valence electrons. The van der Waals surface area contributed by atoms with E-state index in [4.69, 9.17) is 0 Å². The monoisotopic (exact) mass is 230 g/mol. The van der Waals surface area contributed by atoms with Crippen LogP contribution in [0.2, 0.25) is 0 Å². The Morgan fingerprint density at radius 3 is 2.94 bits per heavy atom. The third-order valence-electron chi connectivity index (χ3n) is 2.63. The molecule has 4 nitrogen and oxygen atoms in total. The van der Waals surface area contributed by atoms with Crippen LogP contribution in [0.3, 0.4) is 0 Å². The summed E-state index contributed by atoms with van der Waals surface area (Å²) in [6, 6.07) is 6.26. The van der Waals surface area contributed by atoms with E-state index in [0.717, 1.165) is 22.6 Å². The highest BCUT2D eigenvalue weighted by atomic mass is 32.1. The van der Waals surface area contributed by atoms with Gasteiger partial charge >= 0.3 is 0 Å². The van der Waals surface area contributed by atoms with Crippen molar-refractivity contribution >= 4 is 22.6 Å². The van der Waals surface area contributed by atoms with Crippen molar-refractivity contribution in [1.82, 2.24) is 19.1 Å². The van der Waals surface area contributed by atoms with Gasteiger partial charge in [0.15, 0.2) is 5.82 Å². The van der Waals surface area contributed by atoms with Crippen LogP contribution >= 0.6 is 11.5 Å². The van der Waals surface area contributed by atoms with Gasteiger partial charge in [-0.2, -0.15) is 0 Å². The first-order valence-electron chi connectivity index (χ1n) is 4.96. The summed E-state index contributed by atoms with van der Waals surface area (Å²) in [5.41, 5.74) is 4.18. The van der Waals surface area contributed by atoms with Crippen LogP contribution in [0.5, 0.6) is 0 Å². The summed E-state index contributed by atoms with van der Waals surface area (Å²) < 4.78 is 5.91. The van der Waals surface area contributed by atoms with E-state index in [1.807, 2.05) is 17.0 Å². The van der Waals surface area contributed by atoms with E-state index in [-0.39, 0.29) is 0 Å². The smallest absolute Gasteiger partial charge is 0.162 e. The Kier molecular flexibility index (Phi) is 2.00. The minimum atomic E-state index is 0.835. The molecule has 0 radical (unpaired) electrons. The summed E-state index contributed by atoms with van der Waals surface area (Å²) >= 11 is 1.34. The molecule has 5 heteroatoms. The normalized spacial score (nSPS) is 11.1. The van der Waals surface area contributed by atoms with Crippen LogP contribution in [0.4, 0.5) is 0 Å². The average Bonchev–Trinajstić information content (AvgIpc) is 2.86. The molecule has 0 aliphatic heterocycles. The zero-order valence-electron chi connectivity index (χ0n) is 9.01. The van der Waals surface area contributed by atoms with Gasteiger partial charge in [-0.3, -0.25) is 0 Å². The van der Waals surface area contributed by atoms with Crippen molar-refractivity contribution in [2.75, 3.05) is 0 Å². The van der Waals surface area contributed by atoms with E-state index < -0.39 is 0 Å². The van der Waals surface area contributed by atoms with Gasteiger partial charge in [0.05, 0.1) is 11.0 Å². The fraction of sp³-hybridized carbons (Fsp3) is 0.182. The van der Waals surface area contributed by atoms with Gasteiger partial charge in [0.25, 0.3) is 0 Å². The molecule has 2 aromatic heterocycles. The first-order chi connectivity index (χ1) is 7.75. The highest BCUT2D eigenvalue weighted by molar-refractivity contribution is 7.03. The predicted octanol–water partition coefficient (Wildman–Crippen LogP) is 2.40. The lowest BCUT2D eigenvalue weighted by atomic mass is 10.2. The number of hydrogen-bond acceptors (Lipinski definition) is 4. The highest BCUT2D eigenvalue weighted by Crippen LogP contribution is 2.23. The van der Waals surface area contributed by atoms with Crippen LogP contribution in [0.15, 0.2) is 23.6 Å². The van der Waals surface area contributed by atoms with E-state index in [1.165, 1.54) is 17.1 Å². The van der Waals surface area contributed by atoms with E-state index in [0.29, 0.717) is 0 Å². The molecule has 0 amide bonds. The van der Waals surface area contributed by atoms with Gasteiger partial charge < -0.3 is 4.57 Å². The number of rotatable bonds is 1. The van der Waals surface area contributed by atoms with Gasteiger partial charge in [0.1, 0.15) is 5.69 Å². The molecule has 3 rings (SSSR count). The van der Waals surface area contributed by atoms with Crippen LogP contribution < -0.4 is 0 Å². The summed E-state index contributed by atoms with van der Waals surface area (Å²) in [4.78, 5) is 4.58. The second kappa shape index (κ2) is 3.38. The molecule has 1 aromatic carbocycles. The summed E-state index contributed by atoms with van der Waals surface area (Å²) in [5, 5.41) is 5.96. The van der Waals surface area contributed by atoms with Crippen LogP contribution in [0, 0.1) is 6.92 Å². The standard InChI is InChI=1S/C11H10N4S/c1-7-3-4-10-8(5-7)12-11(15(10)2)9-6-16-14-13-9/h3-6H,1-2H3. The van der Waals surface area contributed by atoms with Crippen molar-refractivity contribution in [3.63, 3.8) is 0 Å². The molecule has 16 heavy (non-hydrogen) atoms. The molecular formula is C11H10N4S. The second-order valence-corrected chi connectivity index (χ2v) is 4.39. The highest BCUT2D eigenvalue weighted by Gasteiger charge is 2.11. The second-order valence-electron chi connectivity index (χ2n) is 3.78. The van der Waals surface area contributed by atoms with Gasteiger partial charge in [-0.25, -0.2) is 4.98 Å². The van der Waals surface area contributed by atoms with Gasteiger partial charge in [0.2, 0.25) is 0 Å². The van der Waals surface area contributed by atoms with Crippen molar-refractivity contribution in [2.45, 2.75) is 6.92 Å². The van der Waals surface area contributed by atoms with Gasteiger partial charge in [-0.15, -0.1) is 5.10 Å². The van der Waals surface area contributed by atoms with Gasteiger partial charge in [0, 0.05) is 12.4 Å². The van der Waals surface area contributed by atoms with E-state index >= 15 is 0 Å². The maximum atomic E-state index is 4.58. The molecule has 2 heterocycles. The number of aryl methyl sites for hydroxylation is 2. The Balaban J connectivity index is 2.31. The first-order valence-corrected chi connectivity index (χ1v) is 5.80. The Hall–Kier alpha value is -1.75. The van der Waals surface area contributed by atoms with Crippen LogP contribution in [-0.4, -0.2) is 19.1 Å². The molecule has 3 aromatic rings. The number of benzene rings is 1. The van der Waals surface area contributed by atoms with Gasteiger partial charge in [-0.05, 0) is 36.2 Å². The molecule has 0 bridgehead atoms. The Labute approximate surface area is 96.7 Å². The first kappa shape index (κ1) is 9.47. The van der Waals surface area contributed by atoms with E-state index in [9.17, 15) is 0 Å². The molecule has 0 saturated heterocycles. The molecule has 0 atom stereocenters. The lowest BCUT2D eigenvalue weighted by Crippen LogP contribution is -1.92. The fourth-order valence-corrected chi connectivity index (χ4v) is 2.24. The Morgan fingerprint density at radius 1 is 1.31 bits per heavy atom. The van der Waals surface area contributed by atoms with Crippen molar-refractivity contribution in [3.8, 4) is 11.5 Å². The van der Waals surface area contributed by atoms with Crippen molar-refractivity contribution in [3.05, 3.63) is 29.1 Å². The molecule has 0 N–H and O–H groups in total. The number of aromatic nitrogens is 4. The minimum absolute atomic E-state index is 0.835. The van der Waals surface area contributed by atoms with Crippen molar-refractivity contribution < 1.29 is 0 Å². The Morgan fingerprint density at radius 2 is 2.19 bits per heavy atom. The lowest BCUT2D eigenvalue weighted by Gasteiger charge is -1.97. The average molecular weight is 230 g/mol. The predicted molar refractivity (Wildman–Crippen MR) is 64.4 cm³/mol. The summed E-state index contributed by atoms with van der Waals surface area (Å²) in [6.07, 6.45) is 0. The largest absolute Gasteiger partial charge is 0.326 e. The molecule has 0 aliphatic rings. The summed E-state index contributed by atoms with van der Waals surface area (Å²) in [5.74, 6) is 0.870. The molecular weight excluding hydrogens is 220 g/mol. The van der Waals surface area contributed by atoms with Crippen LogP contribution in [0.25, 0.3) is 22.6 Å². The molecule has 0 spiro atoms. The number of fused-ring (bicyclic) bond motifs is 1. The van der Waals surface area contributed by atoms with E-state index in [2.05, 4.69) is 39.7 Å². The zero-order valence-corrected chi connectivity index (χ0v) is 9.82. The van der Waals surface area contributed by atoms with E-state index in [1.54, 1.807) is 0 Å². The Bertz CT molecular complexity index is 639. The van der Waals surface area contributed by atoms with Crippen molar-refractivity contribution in [1.29, 1.82) is 0 Å². The fourth-order valence-electron chi connectivity index (χ4n) is 1.80. The lowest BCUT2D eigenvalue weighted by molar-refractivity contribution is 0.945. The molecule has 0 aliphatic carbocycles. The third-order valence-corrected chi connectivity index (χ3v) is 3.13. The van der Waals surface area contributed by atoms with Gasteiger partial charge in [-0.1, -0.05) is 10.6 Å². The van der Waals surface area contributed by atoms with Crippen LogP contribution in [0.1, 0.15) is 5.56 Å². The maximum absolute atomic E-state index is 4.58. The quantitative estimate of drug-likeness (QED) is 0.644. The molecule has 0 unspecified atom stereocenters.